The lowest BCUT2D eigenvalue weighted by Gasteiger charge is -1.98. The topological polar surface area (TPSA) is 63.6 Å². The minimum Gasteiger partial charge on any atom is -0.497 e. The molecule has 0 saturated carbocycles. The summed E-state index contributed by atoms with van der Waals surface area (Å²) in [7, 11) is -2.35. The van der Waals surface area contributed by atoms with Gasteiger partial charge in [0.05, 0.1) is 12.9 Å². The van der Waals surface area contributed by atoms with Crippen LogP contribution in [0, 0.1) is 0 Å². The van der Waals surface area contributed by atoms with Crippen molar-refractivity contribution in [3.05, 3.63) is 35.9 Å². The van der Waals surface area contributed by atoms with Gasteiger partial charge in [0, 0.05) is 0 Å². The summed E-state index contributed by atoms with van der Waals surface area (Å²) in [5.41, 5.74) is 0.847. The molecular weight excluding hydrogens is 216 g/mol. The van der Waals surface area contributed by atoms with Gasteiger partial charge in [0.15, 0.2) is 0 Å². The summed E-state index contributed by atoms with van der Waals surface area (Å²) >= 11 is 0. The third kappa shape index (κ3) is 4.62. The van der Waals surface area contributed by atoms with Crippen LogP contribution in [0.15, 0.2) is 30.3 Å². The zero-order valence-corrected chi connectivity index (χ0v) is 9.07. The summed E-state index contributed by atoms with van der Waals surface area (Å²) in [4.78, 5) is 0. The molecule has 4 nitrogen and oxygen atoms in total. The van der Waals surface area contributed by atoms with Crippen molar-refractivity contribution in [3.63, 3.8) is 0 Å². The second-order valence-corrected chi connectivity index (χ2v) is 4.42. The van der Waals surface area contributed by atoms with Gasteiger partial charge in [-0.25, -0.2) is 0 Å². The third-order valence-corrected chi connectivity index (χ3v) is 2.35. The Labute approximate surface area is 88.9 Å². The van der Waals surface area contributed by atoms with Crippen molar-refractivity contribution in [2.75, 3.05) is 12.9 Å². The smallest absolute Gasteiger partial charge is 0.268 e. The lowest BCUT2D eigenvalue weighted by Crippen LogP contribution is -1.99. The number of benzene rings is 1. The largest absolute Gasteiger partial charge is 0.497 e. The van der Waals surface area contributed by atoms with Crippen molar-refractivity contribution < 1.29 is 17.7 Å². The summed E-state index contributed by atoms with van der Waals surface area (Å²) in [6.07, 6.45) is 3.00. The Bertz CT molecular complexity index is 431. The first-order valence-electron chi connectivity index (χ1n) is 4.27. The third-order valence-electron chi connectivity index (χ3n) is 1.73. The number of hydrogen-bond donors (Lipinski definition) is 1. The van der Waals surface area contributed by atoms with Gasteiger partial charge < -0.3 is 4.74 Å². The molecular formula is C10H12O4S. The molecule has 5 heteroatoms. The van der Waals surface area contributed by atoms with Crippen LogP contribution >= 0.6 is 0 Å². The van der Waals surface area contributed by atoms with Gasteiger partial charge in [-0.15, -0.1) is 0 Å². The van der Waals surface area contributed by atoms with Crippen LogP contribution in [0.25, 0.3) is 6.08 Å². The van der Waals surface area contributed by atoms with E-state index >= 15 is 0 Å². The molecule has 0 heterocycles. The van der Waals surface area contributed by atoms with E-state index in [-0.39, 0.29) is 5.75 Å². The highest BCUT2D eigenvalue weighted by Gasteiger charge is 1.98. The maximum absolute atomic E-state index is 10.4. The van der Waals surface area contributed by atoms with E-state index in [1.165, 1.54) is 6.08 Å². The van der Waals surface area contributed by atoms with Crippen LogP contribution in [0.5, 0.6) is 5.75 Å². The zero-order valence-electron chi connectivity index (χ0n) is 8.25. The Morgan fingerprint density at radius 1 is 1.33 bits per heavy atom. The SMILES string of the molecule is COc1ccc(/C=C/CS(=O)(=O)O)cc1. The molecule has 0 aliphatic rings. The Balaban J connectivity index is 2.65. The van der Waals surface area contributed by atoms with E-state index in [1.807, 2.05) is 0 Å². The highest BCUT2D eigenvalue weighted by molar-refractivity contribution is 7.85. The quantitative estimate of drug-likeness (QED) is 0.795. The van der Waals surface area contributed by atoms with Crippen LogP contribution in [-0.2, 0) is 10.1 Å². The van der Waals surface area contributed by atoms with Crippen molar-refractivity contribution in [1.29, 1.82) is 0 Å². The molecule has 0 aromatic heterocycles. The van der Waals surface area contributed by atoms with E-state index in [9.17, 15) is 8.42 Å². The van der Waals surface area contributed by atoms with E-state index in [2.05, 4.69) is 0 Å². The van der Waals surface area contributed by atoms with Crippen LogP contribution in [0.1, 0.15) is 5.56 Å². The molecule has 1 aromatic carbocycles. The van der Waals surface area contributed by atoms with Gasteiger partial charge in [0.1, 0.15) is 5.75 Å². The highest BCUT2D eigenvalue weighted by atomic mass is 32.2. The van der Waals surface area contributed by atoms with Crippen LogP contribution < -0.4 is 4.74 Å². The van der Waals surface area contributed by atoms with Gasteiger partial charge in [-0.2, -0.15) is 8.42 Å². The van der Waals surface area contributed by atoms with E-state index < -0.39 is 10.1 Å². The number of methoxy groups -OCH3 is 1. The number of ether oxygens (including phenoxy) is 1. The minimum atomic E-state index is -3.92. The molecule has 15 heavy (non-hydrogen) atoms. The first-order chi connectivity index (χ1) is 7.01. The summed E-state index contributed by atoms with van der Waals surface area (Å²) < 4.78 is 34.3. The van der Waals surface area contributed by atoms with Crippen LogP contribution in [0.4, 0.5) is 0 Å². The molecule has 0 fully saturated rings. The van der Waals surface area contributed by atoms with Crippen LogP contribution in [0.3, 0.4) is 0 Å². The van der Waals surface area contributed by atoms with Gasteiger partial charge in [0.25, 0.3) is 10.1 Å². The van der Waals surface area contributed by atoms with Gasteiger partial charge in [-0.3, -0.25) is 4.55 Å². The molecule has 0 saturated heterocycles. The number of rotatable bonds is 4. The molecule has 1 N–H and O–H groups in total. The predicted octanol–water partition coefficient (Wildman–Crippen LogP) is 1.60. The van der Waals surface area contributed by atoms with Crippen LogP contribution in [0.2, 0.25) is 0 Å². The molecule has 0 amide bonds. The molecule has 0 bridgehead atoms. The maximum atomic E-state index is 10.4. The molecule has 82 valence electrons. The van der Waals surface area contributed by atoms with Crippen molar-refractivity contribution >= 4 is 16.2 Å². The van der Waals surface area contributed by atoms with Gasteiger partial charge >= 0.3 is 0 Å². The Morgan fingerprint density at radius 3 is 2.40 bits per heavy atom. The summed E-state index contributed by atoms with van der Waals surface area (Å²) in [5.74, 6) is 0.362. The highest BCUT2D eigenvalue weighted by Crippen LogP contribution is 2.12. The molecule has 0 spiro atoms. The zero-order chi connectivity index (χ0) is 11.3. The first-order valence-corrected chi connectivity index (χ1v) is 5.88. The average Bonchev–Trinajstić information content (AvgIpc) is 2.17. The molecule has 0 aliphatic heterocycles. The lowest BCUT2D eigenvalue weighted by atomic mass is 10.2. The summed E-state index contributed by atoms with van der Waals surface area (Å²) in [5, 5.41) is 0. The molecule has 1 aromatic rings. The molecule has 0 atom stereocenters. The Kier molecular flexibility index (Phi) is 3.88. The fourth-order valence-electron chi connectivity index (χ4n) is 1.02. The van der Waals surface area contributed by atoms with E-state index in [4.69, 9.17) is 9.29 Å². The van der Waals surface area contributed by atoms with Crippen molar-refractivity contribution in [3.8, 4) is 5.75 Å². The monoisotopic (exact) mass is 228 g/mol. The summed E-state index contributed by atoms with van der Waals surface area (Å²) in [6.45, 7) is 0. The Morgan fingerprint density at radius 2 is 1.93 bits per heavy atom. The van der Waals surface area contributed by atoms with E-state index in [1.54, 1.807) is 37.5 Å². The van der Waals surface area contributed by atoms with Crippen molar-refractivity contribution in [2.45, 2.75) is 0 Å². The van der Waals surface area contributed by atoms with Crippen molar-refractivity contribution in [2.24, 2.45) is 0 Å². The van der Waals surface area contributed by atoms with Crippen molar-refractivity contribution in [1.82, 2.24) is 0 Å². The molecule has 0 aliphatic carbocycles. The maximum Gasteiger partial charge on any atom is 0.268 e. The molecule has 1 rings (SSSR count). The second-order valence-electron chi connectivity index (χ2n) is 2.92. The van der Waals surface area contributed by atoms with Gasteiger partial charge in [0.2, 0.25) is 0 Å². The first kappa shape index (κ1) is 11.7. The van der Waals surface area contributed by atoms with Gasteiger partial charge in [-0.1, -0.05) is 24.3 Å². The fraction of sp³-hybridized carbons (Fsp3) is 0.200. The summed E-state index contributed by atoms with van der Waals surface area (Å²) in [6, 6.07) is 7.12. The normalized spacial score (nSPS) is 11.9. The molecule has 0 radical (unpaired) electrons. The lowest BCUT2D eigenvalue weighted by molar-refractivity contribution is 0.415. The number of hydrogen-bond acceptors (Lipinski definition) is 3. The van der Waals surface area contributed by atoms with E-state index in [0.717, 1.165) is 11.3 Å². The second kappa shape index (κ2) is 4.95. The van der Waals surface area contributed by atoms with E-state index in [0.29, 0.717) is 0 Å². The Hall–Kier alpha value is -1.33. The standard InChI is InChI=1S/C10H12O4S/c1-14-10-6-4-9(5-7-10)3-2-8-15(11,12)13/h2-7H,8H2,1H3,(H,11,12,13)/b3-2+. The minimum absolute atomic E-state index is 0.376. The average molecular weight is 228 g/mol. The van der Waals surface area contributed by atoms with Gasteiger partial charge in [-0.05, 0) is 17.7 Å². The van der Waals surface area contributed by atoms with Crippen LogP contribution in [-0.4, -0.2) is 25.8 Å². The molecule has 0 unspecified atom stereocenters. The predicted molar refractivity (Wildman–Crippen MR) is 58.4 cm³/mol. The fourth-order valence-corrected chi connectivity index (χ4v) is 1.36.